The van der Waals surface area contributed by atoms with E-state index in [2.05, 4.69) is 230 Å². The largest absolute Gasteiger partial charge is 1.00 e. The summed E-state index contributed by atoms with van der Waals surface area (Å²) in [5.74, 6) is 0. The van der Waals surface area contributed by atoms with Crippen LogP contribution in [0.1, 0.15) is 74.9 Å². The molecule has 2 aliphatic rings. The summed E-state index contributed by atoms with van der Waals surface area (Å²) < 4.78 is 3.87. The van der Waals surface area contributed by atoms with Crippen molar-refractivity contribution < 1.29 is 46.1 Å². The van der Waals surface area contributed by atoms with Crippen LogP contribution in [-0.2, 0) is 51.4 Å². The number of fused-ring (bicyclic) bond motifs is 5. The Bertz CT molecular complexity index is 3040. The summed E-state index contributed by atoms with van der Waals surface area (Å²) in [6, 6.07) is 62.4. The summed E-state index contributed by atoms with van der Waals surface area (Å²) in [4.78, 5) is 0. The van der Waals surface area contributed by atoms with Crippen molar-refractivity contribution in [2.75, 3.05) is 0 Å². The molecule has 0 atom stereocenters. The van der Waals surface area contributed by atoms with E-state index >= 15 is 0 Å². The van der Waals surface area contributed by atoms with E-state index in [1.807, 2.05) is 0 Å². The fourth-order valence-electron chi connectivity index (χ4n) is 10.4. The molecule has 0 saturated carbocycles. The molecule has 0 spiro atoms. The summed E-state index contributed by atoms with van der Waals surface area (Å²) >= 11 is -2.99. The van der Waals surface area contributed by atoms with Crippen molar-refractivity contribution in [2.24, 2.45) is 0 Å². The Labute approximate surface area is 401 Å². The fraction of sp³-hybridized carbons (Fsp3) is 0.197. The molecule has 8 aromatic rings. The van der Waals surface area contributed by atoms with E-state index in [4.69, 9.17) is 0 Å². The van der Waals surface area contributed by atoms with E-state index in [1.165, 1.54) is 82.7 Å². The molecule has 0 unspecified atom stereocenters. The number of allylic oxidation sites excluding steroid dienone is 4. The fourth-order valence-corrected chi connectivity index (χ4v) is 19.4. The van der Waals surface area contributed by atoms with E-state index in [0.29, 0.717) is 3.63 Å². The van der Waals surface area contributed by atoms with Crippen molar-refractivity contribution in [3.05, 3.63) is 221 Å². The van der Waals surface area contributed by atoms with E-state index in [-0.39, 0.29) is 35.6 Å². The van der Waals surface area contributed by atoms with Gasteiger partial charge in [-0.15, -0.1) is 0 Å². The van der Waals surface area contributed by atoms with Gasteiger partial charge in [0.15, 0.2) is 0 Å². The van der Waals surface area contributed by atoms with Crippen molar-refractivity contribution in [1.29, 1.82) is 0 Å². The number of hydrogen-bond donors (Lipinski definition) is 0. The first-order valence-electron chi connectivity index (χ1n) is 22.5. The smallest absolute Gasteiger partial charge is 1.00 e. The second-order valence-electron chi connectivity index (χ2n) is 19.6. The number of hydrogen-bond acceptors (Lipinski definition) is 0. The third-order valence-electron chi connectivity index (χ3n) is 13.3. The molecule has 0 N–H and O–H groups in total. The molecule has 0 aliphatic heterocycles. The van der Waals surface area contributed by atoms with Gasteiger partial charge in [0.05, 0.1) is 0 Å². The predicted molar refractivity (Wildman–Crippen MR) is 265 cm³/mol. The van der Waals surface area contributed by atoms with E-state index in [0.717, 1.165) is 19.3 Å². The van der Waals surface area contributed by atoms with E-state index < -0.39 is 21.3 Å². The summed E-state index contributed by atoms with van der Waals surface area (Å²) in [5, 5.41) is 5.26. The van der Waals surface area contributed by atoms with Gasteiger partial charge in [0.2, 0.25) is 0 Å². The minimum atomic E-state index is -2.99. The number of halogens is 2. The first kappa shape index (κ1) is 45.7. The average molecular weight is 951 g/mol. The van der Waals surface area contributed by atoms with Gasteiger partial charge in [-0.2, -0.15) is 0 Å². The molecular weight excluding hydrogens is 895 g/mol. The Morgan fingerprint density at radius 1 is 0.484 bits per heavy atom. The maximum Gasteiger partial charge on any atom is -1.00 e. The summed E-state index contributed by atoms with van der Waals surface area (Å²) in [6.07, 6.45) is 12.7. The van der Waals surface area contributed by atoms with Crippen molar-refractivity contribution in [2.45, 2.75) is 75.3 Å². The minimum Gasteiger partial charge on any atom is -1.00 e. The van der Waals surface area contributed by atoms with Crippen LogP contribution in [0.5, 0.6) is 0 Å². The van der Waals surface area contributed by atoms with Crippen LogP contribution in [0, 0.1) is 0 Å². The molecule has 0 radical (unpaired) electrons. The van der Waals surface area contributed by atoms with Gasteiger partial charge >= 0.3 is 379 Å². The summed E-state index contributed by atoms with van der Waals surface area (Å²) in [7, 11) is 0. The average Bonchev–Trinajstić information content (AvgIpc) is 3.94. The standard InChI is InChI=1S/C41H37.C15H14.C5H5.2ClH.Zr/c1-40(2,3)38-24-34-28(22-36(38)32-19-11-15-26-13-7-9-17-30(26)32)21-29-23-37(39(25-35(29)34)41(4,5)6)33-20-12-16-27-14-8-10-18-31(27)33;1-3-8-14(9-4-1)12-7-13-15-10-5-2-6-11-15;1-2-4-5-3-1;;;/h7-20,22,24-25H,21H2,1-6H3;1-6,8-11H,12-13H2;1-5H;2*1H;/q;;;;;+2/p-2. The monoisotopic (exact) mass is 948 g/mol. The predicted octanol–water partition coefficient (Wildman–Crippen LogP) is 9.32. The normalized spacial score (nSPS) is 13.0. The van der Waals surface area contributed by atoms with Crippen molar-refractivity contribution in [3.8, 4) is 33.4 Å². The zero-order valence-electron chi connectivity index (χ0n) is 37.9. The van der Waals surface area contributed by atoms with E-state index in [1.54, 1.807) is 12.0 Å². The second kappa shape index (κ2) is 18.5. The molecule has 0 nitrogen and oxygen atoms in total. The van der Waals surface area contributed by atoms with Gasteiger partial charge in [-0.25, -0.2) is 0 Å². The molecule has 318 valence electrons. The SMILES string of the molecule is CC(C)(C)c1cc2c(cc1-c1cccc3ccccc13)Cc1c-2cc(C(C)(C)C)c(-c2cccc3ccccc23)[c]1[Zr+2](=[C](Cc1ccccc1)Cc1ccccc1)[CH]1C=CC=C1.[Cl-].[Cl-]. The Balaban J connectivity index is 0.00000280. The van der Waals surface area contributed by atoms with Crippen LogP contribution in [0.15, 0.2) is 188 Å². The third-order valence-corrected chi connectivity index (χ3v) is 21.3. The molecule has 0 saturated heterocycles. The molecule has 0 fully saturated rings. The molecule has 64 heavy (non-hydrogen) atoms. The molecular formula is C61H56Cl2Zr. The van der Waals surface area contributed by atoms with Crippen LogP contribution in [0.2, 0.25) is 3.63 Å². The molecule has 0 aromatic heterocycles. The van der Waals surface area contributed by atoms with Gasteiger partial charge < -0.3 is 24.8 Å². The van der Waals surface area contributed by atoms with Gasteiger partial charge in [0, 0.05) is 0 Å². The second-order valence-corrected chi connectivity index (χ2v) is 26.3. The van der Waals surface area contributed by atoms with E-state index in [9.17, 15) is 0 Å². The van der Waals surface area contributed by atoms with Crippen LogP contribution in [0.4, 0.5) is 0 Å². The molecule has 3 heteroatoms. The molecule has 2 aliphatic carbocycles. The van der Waals surface area contributed by atoms with Gasteiger partial charge in [-0.3, -0.25) is 0 Å². The van der Waals surface area contributed by atoms with Gasteiger partial charge in [0.25, 0.3) is 0 Å². The van der Waals surface area contributed by atoms with Crippen molar-refractivity contribution in [1.82, 2.24) is 0 Å². The summed E-state index contributed by atoms with van der Waals surface area (Å²) in [6.45, 7) is 14.5. The maximum absolute atomic E-state index is 2.99. The first-order valence-corrected chi connectivity index (χ1v) is 26.4. The molecule has 10 rings (SSSR count). The van der Waals surface area contributed by atoms with Crippen LogP contribution < -0.4 is 28.1 Å². The van der Waals surface area contributed by atoms with Gasteiger partial charge in [0.1, 0.15) is 0 Å². The van der Waals surface area contributed by atoms with Gasteiger partial charge in [-0.1, -0.05) is 0 Å². The van der Waals surface area contributed by atoms with Crippen molar-refractivity contribution in [3.63, 3.8) is 0 Å². The maximum atomic E-state index is 2.65. The molecule has 8 aromatic carbocycles. The van der Waals surface area contributed by atoms with Crippen molar-refractivity contribution >= 4 is 28.0 Å². The molecule has 0 bridgehead atoms. The van der Waals surface area contributed by atoms with Crippen LogP contribution >= 0.6 is 0 Å². The molecule has 0 heterocycles. The Hall–Kier alpha value is -4.91. The zero-order valence-corrected chi connectivity index (χ0v) is 41.8. The first-order chi connectivity index (χ1) is 30.0. The van der Waals surface area contributed by atoms with Crippen LogP contribution in [-0.4, -0.2) is 3.21 Å². The Kier molecular flexibility index (Phi) is 13.2. The number of rotatable bonds is 8. The number of benzene rings is 8. The molecule has 0 amide bonds. The topological polar surface area (TPSA) is 0 Å². The Morgan fingerprint density at radius 3 is 1.53 bits per heavy atom. The van der Waals surface area contributed by atoms with Crippen LogP contribution in [0.25, 0.3) is 54.9 Å². The van der Waals surface area contributed by atoms with Crippen LogP contribution in [0.3, 0.4) is 0 Å². The zero-order chi connectivity index (χ0) is 42.6. The van der Waals surface area contributed by atoms with Gasteiger partial charge in [-0.05, 0) is 0 Å². The third kappa shape index (κ3) is 8.65. The minimum absolute atomic E-state index is 0. The summed E-state index contributed by atoms with van der Waals surface area (Å²) in [5.41, 5.74) is 17.1. The Morgan fingerprint density at radius 2 is 0.969 bits per heavy atom. The quantitative estimate of drug-likeness (QED) is 0.143.